The zero-order chi connectivity index (χ0) is 13.0. The molecule has 18 heavy (non-hydrogen) atoms. The van der Waals surface area contributed by atoms with Crippen molar-refractivity contribution in [2.45, 2.75) is 43.7 Å². The normalized spacial score (nSPS) is 26.2. The highest BCUT2D eigenvalue weighted by Crippen LogP contribution is 2.40. The van der Waals surface area contributed by atoms with Gasteiger partial charge in [-0.3, -0.25) is 0 Å². The number of thiophene rings is 1. The van der Waals surface area contributed by atoms with E-state index >= 15 is 0 Å². The van der Waals surface area contributed by atoms with Crippen LogP contribution in [-0.2, 0) is 0 Å². The van der Waals surface area contributed by atoms with Crippen molar-refractivity contribution in [1.29, 1.82) is 0 Å². The van der Waals surface area contributed by atoms with Gasteiger partial charge in [-0.25, -0.2) is 0 Å². The Bertz CT molecular complexity index is 364. The van der Waals surface area contributed by atoms with Crippen LogP contribution in [0.1, 0.15) is 36.1 Å². The largest absolute Gasteiger partial charge is 0.308 e. The van der Waals surface area contributed by atoms with Crippen LogP contribution >= 0.6 is 34.9 Å². The Balaban J connectivity index is 2.13. The van der Waals surface area contributed by atoms with Crippen molar-refractivity contribution >= 4 is 34.9 Å². The van der Waals surface area contributed by atoms with Crippen LogP contribution in [0.2, 0.25) is 0 Å². The summed E-state index contributed by atoms with van der Waals surface area (Å²) >= 11 is 6.25. The Morgan fingerprint density at radius 3 is 2.72 bits per heavy atom. The third-order valence-electron chi connectivity index (χ3n) is 3.25. The Hall–Kier alpha value is 0.360. The minimum atomic E-state index is 0.538. The third-order valence-corrected chi connectivity index (χ3v) is 7.53. The summed E-state index contributed by atoms with van der Waals surface area (Å²) in [5.41, 5.74) is 0. The SMILES string of the molecule is CCCNC(c1ccc(C)s1)C1SCCSC1C. The summed E-state index contributed by atoms with van der Waals surface area (Å²) in [5.74, 6) is 2.61. The van der Waals surface area contributed by atoms with Gasteiger partial charge in [0.15, 0.2) is 0 Å². The molecule has 102 valence electrons. The van der Waals surface area contributed by atoms with Gasteiger partial charge in [0.1, 0.15) is 0 Å². The van der Waals surface area contributed by atoms with E-state index in [1.165, 1.54) is 27.7 Å². The van der Waals surface area contributed by atoms with Gasteiger partial charge in [-0.05, 0) is 32.0 Å². The molecule has 3 unspecified atom stereocenters. The molecule has 3 atom stereocenters. The van der Waals surface area contributed by atoms with Crippen LogP contribution in [0.25, 0.3) is 0 Å². The highest BCUT2D eigenvalue weighted by atomic mass is 32.2. The molecule has 4 heteroatoms. The Kier molecular flexibility index (Phi) is 5.93. The van der Waals surface area contributed by atoms with Crippen molar-refractivity contribution in [1.82, 2.24) is 5.32 Å². The second-order valence-electron chi connectivity index (χ2n) is 4.79. The van der Waals surface area contributed by atoms with Crippen molar-refractivity contribution < 1.29 is 0 Å². The molecule has 0 bridgehead atoms. The maximum Gasteiger partial charge on any atom is 0.0546 e. The van der Waals surface area contributed by atoms with E-state index in [2.05, 4.69) is 61.7 Å². The quantitative estimate of drug-likeness (QED) is 0.869. The molecule has 0 spiro atoms. The van der Waals surface area contributed by atoms with E-state index in [1.54, 1.807) is 0 Å². The van der Waals surface area contributed by atoms with Crippen molar-refractivity contribution in [3.63, 3.8) is 0 Å². The summed E-state index contributed by atoms with van der Waals surface area (Å²) in [7, 11) is 0. The number of nitrogens with one attached hydrogen (secondary N) is 1. The van der Waals surface area contributed by atoms with E-state index in [0.717, 1.165) is 11.8 Å². The lowest BCUT2D eigenvalue weighted by Crippen LogP contribution is -2.37. The molecule has 0 saturated carbocycles. The molecular weight excluding hydrogens is 278 g/mol. The second-order valence-corrected chi connectivity index (χ2v) is 8.88. The molecule has 1 saturated heterocycles. The van der Waals surface area contributed by atoms with Crippen LogP contribution in [0.15, 0.2) is 12.1 Å². The zero-order valence-corrected chi connectivity index (χ0v) is 13.9. The average molecular weight is 302 g/mol. The van der Waals surface area contributed by atoms with Crippen LogP contribution in [0.3, 0.4) is 0 Å². The van der Waals surface area contributed by atoms with Crippen molar-refractivity contribution in [3.8, 4) is 0 Å². The minimum Gasteiger partial charge on any atom is -0.308 e. The molecule has 1 aliphatic rings. The van der Waals surface area contributed by atoms with Gasteiger partial charge in [0.2, 0.25) is 0 Å². The number of hydrogen-bond donors (Lipinski definition) is 1. The first-order chi connectivity index (χ1) is 8.72. The molecule has 1 N–H and O–H groups in total. The molecule has 0 amide bonds. The molecule has 1 aromatic rings. The van der Waals surface area contributed by atoms with Crippen molar-refractivity contribution in [2.24, 2.45) is 0 Å². The molecule has 1 nitrogen and oxygen atoms in total. The van der Waals surface area contributed by atoms with Crippen LogP contribution < -0.4 is 5.32 Å². The molecule has 0 aliphatic carbocycles. The van der Waals surface area contributed by atoms with Gasteiger partial charge >= 0.3 is 0 Å². The molecule has 1 aliphatic heterocycles. The predicted molar refractivity (Wildman–Crippen MR) is 88.3 cm³/mol. The first-order valence-corrected chi connectivity index (χ1v) is 9.66. The molecule has 0 radical (unpaired) electrons. The van der Waals surface area contributed by atoms with Gasteiger partial charge in [0.05, 0.1) is 6.04 Å². The number of aryl methyl sites for hydroxylation is 1. The summed E-state index contributed by atoms with van der Waals surface area (Å²) in [5, 5.41) is 5.24. The molecule has 0 aromatic carbocycles. The smallest absolute Gasteiger partial charge is 0.0546 e. The lowest BCUT2D eigenvalue weighted by atomic mass is 10.1. The lowest BCUT2D eigenvalue weighted by Gasteiger charge is -2.34. The fourth-order valence-corrected chi connectivity index (χ4v) is 6.34. The topological polar surface area (TPSA) is 12.0 Å². The van der Waals surface area contributed by atoms with Crippen LogP contribution in [0.5, 0.6) is 0 Å². The van der Waals surface area contributed by atoms with Gasteiger partial charge in [0, 0.05) is 31.8 Å². The van der Waals surface area contributed by atoms with Crippen LogP contribution in [0.4, 0.5) is 0 Å². The van der Waals surface area contributed by atoms with Gasteiger partial charge in [-0.15, -0.1) is 11.3 Å². The van der Waals surface area contributed by atoms with E-state index in [0.29, 0.717) is 11.3 Å². The number of thioether (sulfide) groups is 2. The first kappa shape index (κ1) is 14.8. The first-order valence-electron chi connectivity index (χ1n) is 6.75. The summed E-state index contributed by atoms with van der Waals surface area (Å²) < 4.78 is 0. The van der Waals surface area contributed by atoms with Gasteiger partial charge in [0.25, 0.3) is 0 Å². The summed E-state index contributed by atoms with van der Waals surface area (Å²) in [6.07, 6.45) is 1.21. The van der Waals surface area contributed by atoms with Crippen LogP contribution in [-0.4, -0.2) is 28.6 Å². The van der Waals surface area contributed by atoms with Crippen molar-refractivity contribution in [2.75, 3.05) is 18.1 Å². The maximum atomic E-state index is 3.78. The van der Waals surface area contributed by atoms with E-state index in [4.69, 9.17) is 0 Å². The molecular formula is C14H23NS3. The molecule has 2 heterocycles. The third kappa shape index (κ3) is 3.69. The maximum absolute atomic E-state index is 3.78. The lowest BCUT2D eigenvalue weighted by molar-refractivity contribution is 0.515. The van der Waals surface area contributed by atoms with E-state index < -0.39 is 0 Å². The minimum absolute atomic E-state index is 0.538. The van der Waals surface area contributed by atoms with Gasteiger partial charge in [-0.1, -0.05) is 13.8 Å². The van der Waals surface area contributed by atoms with Crippen molar-refractivity contribution in [3.05, 3.63) is 21.9 Å². The summed E-state index contributed by atoms with van der Waals surface area (Å²) in [4.78, 5) is 2.95. The monoisotopic (exact) mass is 301 g/mol. The standard InChI is InChI=1S/C14H23NS3/c1-4-7-15-13(12-6-5-10(2)18-12)14-11(3)16-8-9-17-14/h5-6,11,13-15H,4,7-9H2,1-3H3. The number of rotatable bonds is 5. The Morgan fingerprint density at radius 1 is 1.33 bits per heavy atom. The summed E-state index contributed by atoms with van der Waals surface area (Å²) in [6, 6.07) is 5.11. The fourth-order valence-electron chi connectivity index (χ4n) is 2.31. The number of hydrogen-bond acceptors (Lipinski definition) is 4. The Morgan fingerprint density at radius 2 is 2.11 bits per heavy atom. The van der Waals surface area contributed by atoms with E-state index in [1.807, 2.05) is 11.3 Å². The second kappa shape index (κ2) is 7.22. The Labute approximate surface area is 124 Å². The van der Waals surface area contributed by atoms with Crippen LogP contribution in [0, 0.1) is 6.92 Å². The van der Waals surface area contributed by atoms with E-state index in [-0.39, 0.29) is 0 Å². The molecule has 1 aromatic heterocycles. The van der Waals surface area contributed by atoms with Gasteiger partial charge in [-0.2, -0.15) is 23.5 Å². The summed E-state index contributed by atoms with van der Waals surface area (Å²) in [6.45, 7) is 7.96. The van der Waals surface area contributed by atoms with Gasteiger partial charge < -0.3 is 5.32 Å². The molecule has 2 rings (SSSR count). The average Bonchev–Trinajstić information content (AvgIpc) is 2.78. The highest BCUT2D eigenvalue weighted by molar-refractivity contribution is 8.07. The predicted octanol–water partition coefficient (Wildman–Crippen LogP) is 4.33. The zero-order valence-electron chi connectivity index (χ0n) is 11.4. The molecule has 1 fully saturated rings. The highest BCUT2D eigenvalue weighted by Gasteiger charge is 2.31. The fraction of sp³-hybridized carbons (Fsp3) is 0.714. The van der Waals surface area contributed by atoms with E-state index in [9.17, 15) is 0 Å².